The second-order valence-corrected chi connectivity index (χ2v) is 5.70. The first-order valence-electron chi connectivity index (χ1n) is 7.85. The SMILES string of the molecule is O=C1NCCC(c2ccc(F)c(F)c2)N1C(=O)Oc1ccc([N+](=O)[O-])cc1. The fourth-order valence-corrected chi connectivity index (χ4v) is 2.70. The second-order valence-electron chi connectivity index (χ2n) is 5.70. The Morgan fingerprint density at radius 1 is 1.19 bits per heavy atom. The summed E-state index contributed by atoms with van der Waals surface area (Å²) >= 11 is 0. The lowest BCUT2D eigenvalue weighted by molar-refractivity contribution is -0.384. The number of carbonyl (C=O) groups is 2. The van der Waals surface area contributed by atoms with Crippen LogP contribution in [-0.2, 0) is 0 Å². The van der Waals surface area contributed by atoms with Crippen LogP contribution in [0.3, 0.4) is 0 Å². The van der Waals surface area contributed by atoms with E-state index >= 15 is 0 Å². The fraction of sp³-hybridized carbons (Fsp3) is 0.176. The van der Waals surface area contributed by atoms with Crippen molar-refractivity contribution in [2.24, 2.45) is 0 Å². The third kappa shape index (κ3) is 3.84. The molecule has 1 fully saturated rings. The van der Waals surface area contributed by atoms with Gasteiger partial charge in [-0.15, -0.1) is 0 Å². The van der Waals surface area contributed by atoms with Gasteiger partial charge in [0.2, 0.25) is 0 Å². The highest BCUT2D eigenvalue weighted by Gasteiger charge is 2.36. The van der Waals surface area contributed by atoms with Crippen LogP contribution in [0, 0.1) is 21.7 Å². The number of urea groups is 1. The third-order valence-electron chi connectivity index (χ3n) is 4.00. The smallest absolute Gasteiger partial charge is 0.410 e. The molecule has 0 radical (unpaired) electrons. The quantitative estimate of drug-likeness (QED) is 0.651. The van der Waals surface area contributed by atoms with Gasteiger partial charge in [0.05, 0.1) is 11.0 Å². The molecule has 1 saturated heterocycles. The average molecular weight is 377 g/mol. The molecular weight excluding hydrogens is 364 g/mol. The van der Waals surface area contributed by atoms with E-state index in [1.165, 1.54) is 18.2 Å². The van der Waals surface area contributed by atoms with Crippen LogP contribution in [0.15, 0.2) is 42.5 Å². The zero-order valence-electron chi connectivity index (χ0n) is 13.7. The van der Waals surface area contributed by atoms with Crippen LogP contribution >= 0.6 is 0 Å². The number of non-ortho nitro benzene ring substituents is 1. The number of nitrogens with one attached hydrogen (secondary N) is 1. The number of imide groups is 1. The van der Waals surface area contributed by atoms with Gasteiger partial charge in [-0.3, -0.25) is 10.1 Å². The van der Waals surface area contributed by atoms with Crippen molar-refractivity contribution in [2.75, 3.05) is 6.54 Å². The number of halogens is 2. The van der Waals surface area contributed by atoms with Crippen LogP contribution in [0.25, 0.3) is 0 Å². The molecule has 0 aromatic heterocycles. The van der Waals surface area contributed by atoms with Crippen molar-refractivity contribution in [2.45, 2.75) is 12.5 Å². The monoisotopic (exact) mass is 377 g/mol. The number of amides is 3. The summed E-state index contributed by atoms with van der Waals surface area (Å²) in [5, 5.41) is 13.1. The first-order valence-corrected chi connectivity index (χ1v) is 7.85. The molecule has 0 spiro atoms. The van der Waals surface area contributed by atoms with E-state index in [1.807, 2.05) is 0 Å². The standard InChI is InChI=1S/C17H13F2N3O5/c18-13-6-1-10(9-14(13)19)15-7-8-20-16(23)21(15)17(24)27-12-4-2-11(3-5-12)22(25)26/h1-6,9,15H,7-8H2,(H,20,23). The minimum absolute atomic E-state index is 0.00647. The highest BCUT2D eigenvalue weighted by atomic mass is 19.2. The number of hydrogen-bond acceptors (Lipinski definition) is 5. The summed E-state index contributed by atoms with van der Waals surface area (Å²) in [6.07, 6.45) is -0.776. The third-order valence-corrected chi connectivity index (χ3v) is 4.00. The number of ether oxygens (including phenoxy) is 1. The van der Waals surface area contributed by atoms with Crippen LogP contribution in [0.5, 0.6) is 5.75 Å². The number of nitro groups is 1. The fourth-order valence-electron chi connectivity index (χ4n) is 2.70. The van der Waals surface area contributed by atoms with Crippen molar-refractivity contribution < 1.29 is 28.0 Å². The predicted molar refractivity (Wildman–Crippen MR) is 88.1 cm³/mol. The number of hydrogen-bond donors (Lipinski definition) is 1. The normalized spacial score (nSPS) is 16.6. The summed E-state index contributed by atoms with van der Waals surface area (Å²) in [6, 6.07) is 6.24. The Bertz CT molecular complexity index is 904. The Kier molecular flexibility index (Phi) is 4.97. The maximum Gasteiger partial charge on any atom is 0.424 e. The maximum absolute atomic E-state index is 13.5. The van der Waals surface area contributed by atoms with E-state index in [1.54, 1.807) is 0 Å². The van der Waals surface area contributed by atoms with E-state index < -0.39 is 34.7 Å². The lowest BCUT2D eigenvalue weighted by Gasteiger charge is -2.33. The van der Waals surface area contributed by atoms with Crippen LogP contribution in [0.1, 0.15) is 18.0 Å². The van der Waals surface area contributed by atoms with Crippen molar-refractivity contribution in [1.82, 2.24) is 10.2 Å². The number of nitrogens with zero attached hydrogens (tertiary/aromatic N) is 2. The molecule has 1 aliphatic rings. The molecular formula is C17H13F2N3O5. The zero-order chi connectivity index (χ0) is 19.6. The lowest BCUT2D eigenvalue weighted by Crippen LogP contribution is -2.51. The molecule has 3 rings (SSSR count). The Labute approximate surface area is 151 Å². The van der Waals surface area contributed by atoms with Crippen molar-refractivity contribution in [3.8, 4) is 5.75 Å². The van der Waals surface area contributed by atoms with Crippen molar-refractivity contribution in [1.29, 1.82) is 0 Å². The van der Waals surface area contributed by atoms with Crippen molar-refractivity contribution in [3.63, 3.8) is 0 Å². The molecule has 2 aromatic carbocycles. The predicted octanol–water partition coefficient (Wildman–Crippen LogP) is 3.53. The highest BCUT2D eigenvalue weighted by molar-refractivity contribution is 5.93. The van der Waals surface area contributed by atoms with Crippen molar-refractivity contribution in [3.05, 3.63) is 69.8 Å². The van der Waals surface area contributed by atoms with E-state index in [0.29, 0.717) is 0 Å². The Morgan fingerprint density at radius 3 is 2.52 bits per heavy atom. The van der Waals surface area contributed by atoms with Gasteiger partial charge in [-0.05, 0) is 36.2 Å². The van der Waals surface area contributed by atoms with E-state index in [0.717, 1.165) is 29.2 Å². The van der Waals surface area contributed by atoms with Gasteiger partial charge in [0.25, 0.3) is 5.69 Å². The Morgan fingerprint density at radius 2 is 1.89 bits per heavy atom. The molecule has 10 heteroatoms. The molecule has 3 amide bonds. The van der Waals surface area contributed by atoms with Gasteiger partial charge in [0.15, 0.2) is 11.6 Å². The molecule has 140 valence electrons. The first-order chi connectivity index (χ1) is 12.9. The van der Waals surface area contributed by atoms with E-state index in [2.05, 4.69) is 5.32 Å². The topological polar surface area (TPSA) is 102 Å². The highest BCUT2D eigenvalue weighted by Crippen LogP contribution is 2.29. The molecule has 0 aliphatic carbocycles. The van der Waals surface area contributed by atoms with Crippen LogP contribution in [0.4, 0.5) is 24.1 Å². The minimum atomic E-state index is -1.10. The van der Waals surface area contributed by atoms with Crippen LogP contribution in [0.2, 0.25) is 0 Å². The molecule has 1 heterocycles. The molecule has 1 N–H and O–H groups in total. The lowest BCUT2D eigenvalue weighted by atomic mass is 10.0. The summed E-state index contributed by atoms with van der Waals surface area (Å²) < 4.78 is 31.8. The summed E-state index contributed by atoms with van der Waals surface area (Å²) in [7, 11) is 0. The number of rotatable bonds is 3. The largest absolute Gasteiger partial charge is 0.424 e. The Hall–Kier alpha value is -3.56. The first kappa shape index (κ1) is 18.2. The number of carbonyl (C=O) groups excluding carboxylic acids is 2. The van der Waals surface area contributed by atoms with E-state index in [9.17, 15) is 28.5 Å². The Balaban J connectivity index is 1.83. The molecule has 8 nitrogen and oxygen atoms in total. The van der Waals surface area contributed by atoms with Gasteiger partial charge in [-0.25, -0.2) is 23.3 Å². The molecule has 0 bridgehead atoms. The van der Waals surface area contributed by atoms with Gasteiger partial charge < -0.3 is 10.1 Å². The van der Waals surface area contributed by atoms with Gasteiger partial charge >= 0.3 is 12.1 Å². The number of benzene rings is 2. The summed E-state index contributed by atoms with van der Waals surface area (Å²) in [5.41, 5.74) is 0.0505. The maximum atomic E-state index is 13.5. The molecule has 1 unspecified atom stereocenters. The zero-order valence-corrected chi connectivity index (χ0v) is 13.7. The number of nitro benzene ring substituents is 1. The molecule has 27 heavy (non-hydrogen) atoms. The van der Waals surface area contributed by atoms with E-state index in [4.69, 9.17) is 4.74 Å². The molecule has 0 saturated carbocycles. The summed E-state index contributed by atoms with van der Waals surface area (Å²) in [6.45, 7) is 0.240. The average Bonchev–Trinajstić information content (AvgIpc) is 2.64. The minimum Gasteiger partial charge on any atom is -0.410 e. The summed E-state index contributed by atoms with van der Waals surface area (Å²) in [5.74, 6) is -2.14. The molecule has 1 aliphatic heterocycles. The van der Waals surface area contributed by atoms with Gasteiger partial charge in [0, 0.05) is 18.7 Å². The van der Waals surface area contributed by atoms with Crippen LogP contribution < -0.4 is 10.1 Å². The van der Waals surface area contributed by atoms with E-state index in [-0.39, 0.29) is 30.0 Å². The molecule has 2 aromatic rings. The second kappa shape index (κ2) is 7.36. The van der Waals surface area contributed by atoms with Gasteiger partial charge in [0.1, 0.15) is 5.75 Å². The van der Waals surface area contributed by atoms with Gasteiger partial charge in [-0.1, -0.05) is 6.07 Å². The molecule has 1 atom stereocenters. The summed E-state index contributed by atoms with van der Waals surface area (Å²) in [4.78, 5) is 35.4. The van der Waals surface area contributed by atoms with Gasteiger partial charge in [-0.2, -0.15) is 0 Å². The van der Waals surface area contributed by atoms with Crippen molar-refractivity contribution >= 4 is 17.8 Å². The van der Waals surface area contributed by atoms with Crippen LogP contribution in [-0.4, -0.2) is 28.5 Å².